The normalized spacial score (nSPS) is 13.5. The highest BCUT2D eigenvalue weighted by molar-refractivity contribution is 6.11. The van der Waals surface area contributed by atoms with Gasteiger partial charge in [-0.05, 0) is 176 Å². The van der Waals surface area contributed by atoms with Gasteiger partial charge in [0.25, 0.3) is 0 Å². The lowest BCUT2D eigenvalue weighted by Crippen LogP contribution is -2.28. The minimum atomic E-state index is -0.637. The van der Waals surface area contributed by atoms with Gasteiger partial charge in [0.2, 0.25) is 0 Å². The highest BCUT2D eigenvalue weighted by atomic mass is 16.5. The summed E-state index contributed by atoms with van der Waals surface area (Å²) < 4.78 is 8.78. The molecule has 0 bridgehead atoms. The van der Waals surface area contributed by atoms with Crippen LogP contribution in [0.4, 0.5) is 17.1 Å². The highest BCUT2D eigenvalue weighted by Crippen LogP contribution is 2.57. The molecular weight excluding hydrogens is 933 g/mol. The third kappa shape index (κ3) is 8.17. The number of ether oxygens (including phenoxy) is 1. The summed E-state index contributed by atoms with van der Waals surface area (Å²) in [5.74, 6) is 1.55. The fourth-order valence-electron chi connectivity index (χ4n) is 11.6. The molecule has 13 rings (SSSR count). The van der Waals surface area contributed by atoms with E-state index in [1.54, 1.807) is 0 Å². The Balaban J connectivity index is 0.944. The summed E-state index contributed by atoms with van der Waals surface area (Å²) >= 11 is 0. The van der Waals surface area contributed by atoms with Crippen LogP contribution in [0.2, 0.25) is 0 Å². The van der Waals surface area contributed by atoms with Crippen molar-refractivity contribution in [3.05, 3.63) is 319 Å². The Morgan fingerprint density at radius 3 is 1.51 bits per heavy atom. The SMILES string of the molecule is C=Cc1ccc(Oc2ccc(C3(c4ccccc4)c4ccccc4-c4ccc(N(c5ccc(-c6ccc(C)cc6)cc5)c5ccc(-c6ccc7c(c6)c6cc(C=C)ccc6n7-c6ccc(C=C)cc6)cc5)cc43)cc2)cc1. The number of aryl methyl sites for hydroxylation is 1. The molecule has 0 amide bonds. The Morgan fingerprint density at radius 1 is 0.390 bits per heavy atom. The minimum Gasteiger partial charge on any atom is -0.457 e. The van der Waals surface area contributed by atoms with Crippen molar-refractivity contribution in [2.75, 3.05) is 4.90 Å². The van der Waals surface area contributed by atoms with Crippen LogP contribution in [-0.4, -0.2) is 4.57 Å². The molecule has 1 heterocycles. The third-order valence-electron chi connectivity index (χ3n) is 15.5. The van der Waals surface area contributed by atoms with Crippen LogP contribution in [0.3, 0.4) is 0 Å². The van der Waals surface area contributed by atoms with Crippen molar-refractivity contribution in [1.29, 1.82) is 0 Å². The number of rotatable bonds is 13. The van der Waals surface area contributed by atoms with Gasteiger partial charge < -0.3 is 14.2 Å². The summed E-state index contributed by atoms with van der Waals surface area (Å²) in [6.07, 6.45) is 5.65. The van der Waals surface area contributed by atoms with Gasteiger partial charge in [-0.2, -0.15) is 0 Å². The monoisotopic (exact) mass is 986 g/mol. The summed E-state index contributed by atoms with van der Waals surface area (Å²) in [4.78, 5) is 2.40. The predicted molar refractivity (Wildman–Crippen MR) is 325 cm³/mol. The number of hydrogen-bond donors (Lipinski definition) is 0. The largest absolute Gasteiger partial charge is 0.457 e. The van der Waals surface area contributed by atoms with E-state index in [0.29, 0.717) is 0 Å². The molecule has 0 aliphatic heterocycles. The lowest BCUT2D eigenvalue weighted by atomic mass is 9.67. The summed E-state index contributed by atoms with van der Waals surface area (Å²) in [6, 6.07) is 92.5. The van der Waals surface area contributed by atoms with Gasteiger partial charge in [-0.3, -0.25) is 0 Å². The Kier molecular flexibility index (Phi) is 11.8. The number of benzene rings is 11. The zero-order valence-electron chi connectivity index (χ0n) is 42.9. The Hall–Kier alpha value is -9.96. The van der Waals surface area contributed by atoms with E-state index in [1.807, 2.05) is 42.5 Å². The first-order valence-electron chi connectivity index (χ1n) is 26.2. The van der Waals surface area contributed by atoms with Crippen molar-refractivity contribution >= 4 is 57.1 Å². The van der Waals surface area contributed by atoms with Crippen LogP contribution in [0.25, 0.3) is 79.1 Å². The molecule has 3 nitrogen and oxygen atoms in total. The quantitative estimate of drug-likeness (QED) is 0.115. The topological polar surface area (TPSA) is 17.4 Å². The van der Waals surface area contributed by atoms with Crippen LogP contribution in [0, 0.1) is 6.92 Å². The van der Waals surface area contributed by atoms with Gasteiger partial charge in [0, 0.05) is 33.5 Å². The first-order chi connectivity index (χ1) is 37.9. The maximum Gasteiger partial charge on any atom is 0.127 e. The number of fused-ring (bicyclic) bond motifs is 6. The molecule has 1 aromatic heterocycles. The number of hydrogen-bond acceptors (Lipinski definition) is 2. The van der Waals surface area contributed by atoms with Gasteiger partial charge in [-0.1, -0.05) is 201 Å². The number of aromatic nitrogens is 1. The lowest BCUT2D eigenvalue weighted by Gasteiger charge is -2.35. The van der Waals surface area contributed by atoms with Gasteiger partial charge in [-0.15, -0.1) is 0 Å². The summed E-state index contributed by atoms with van der Waals surface area (Å²) in [7, 11) is 0. The molecule has 0 N–H and O–H groups in total. The second-order valence-corrected chi connectivity index (χ2v) is 19.9. The van der Waals surface area contributed by atoms with E-state index in [9.17, 15) is 0 Å². The van der Waals surface area contributed by atoms with E-state index >= 15 is 0 Å². The molecule has 1 atom stereocenters. The van der Waals surface area contributed by atoms with Crippen molar-refractivity contribution in [1.82, 2.24) is 4.57 Å². The summed E-state index contributed by atoms with van der Waals surface area (Å²) in [5, 5.41) is 2.38. The molecule has 0 saturated heterocycles. The molecule has 1 aliphatic rings. The Labute approximate surface area is 450 Å². The van der Waals surface area contributed by atoms with Crippen molar-refractivity contribution in [2.45, 2.75) is 12.3 Å². The fraction of sp³-hybridized carbons (Fsp3) is 0.0270. The van der Waals surface area contributed by atoms with E-state index in [-0.39, 0.29) is 0 Å². The number of anilines is 3. The number of nitrogens with zero attached hydrogens (tertiary/aromatic N) is 2. The molecule has 0 spiro atoms. The van der Waals surface area contributed by atoms with Gasteiger partial charge in [0.15, 0.2) is 0 Å². The van der Waals surface area contributed by atoms with Crippen LogP contribution in [-0.2, 0) is 5.41 Å². The Bertz CT molecular complexity index is 4190. The molecule has 366 valence electrons. The van der Waals surface area contributed by atoms with Gasteiger partial charge in [0.1, 0.15) is 11.5 Å². The van der Waals surface area contributed by atoms with Crippen LogP contribution in [0.1, 0.15) is 44.5 Å². The zero-order valence-corrected chi connectivity index (χ0v) is 42.9. The third-order valence-corrected chi connectivity index (χ3v) is 15.5. The summed E-state index contributed by atoms with van der Waals surface area (Å²) in [6.45, 7) is 14.1. The summed E-state index contributed by atoms with van der Waals surface area (Å²) in [5.41, 5.74) is 22.3. The van der Waals surface area contributed by atoms with Crippen LogP contribution in [0.5, 0.6) is 11.5 Å². The molecule has 3 heteroatoms. The smallest absolute Gasteiger partial charge is 0.127 e. The molecule has 0 radical (unpaired) electrons. The molecule has 1 unspecified atom stereocenters. The van der Waals surface area contributed by atoms with Crippen molar-refractivity contribution < 1.29 is 4.74 Å². The molecule has 12 aromatic rings. The molecule has 11 aromatic carbocycles. The first-order valence-corrected chi connectivity index (χ1v) is 26.2. The lowest BCUT2D eigenvalue weighted by molar-refractivity contribution is 0.482. The van der Waals surface area contributed by atoms with Crippen molar-refractivity contribution in [2.24, 2.45) is 0 Å². The van der Waals surface area contributed by atoms with E-state index in [1.165, 1.54) is 55.3 Å². The predicted octanol–water partition coefficient (Wildman–Crippen LogP) is 20.0. The van der Waals surface area contributed by atoms with Crippen LogP contribution < -0.4 is 9.64 Å². The maximum atomic E-state index is 6.42. The highest BCUT2D eigenvalue weighted by Gasteiger charge is 2.46. The second kappa shape index (κ2) is 19.4. The van der Waals surface area contributed by atoms with Gasteiger partial charge in [0.05, 0.1) is 16.4 Å². The molecule has 0 saturated carbocycles. The Morgan fingerprint density at radius 2 is 0.870 bits per heavy atom. The van der Waals surface area contributed by atoms with Gasteiger partial charge in [-0.25, -0.2) is 0 Å². The van der Waals surface area contributed by atoms with Crippen LogP contribution in [0.15, 0.2) is 275 Å². The average Bonchev–Trinajstić information content (AvgIpc) is 4.08. The van der Waals surface area contributed by atoms with Crippen molar-refractivity contribution in [3.8, 4) is 50.6 Å². The molecule has 0 fully saturated rings. The first kappa shape index (κ1) is 46.8. The second-order valence-electron chi connectivity index (χ2n) is 19.9. The van der Waals surface area contributed by atoms with E-state index in [2.05, 4.69) is 267 Å². The fourth-order valence-corrected chi connectivity index (χ4v) is 11.6. The van der Waals surface area contributed by atoms with E-state index in [4.69, 9.17) is 4.74 Å². The molecule has 1 aliphatic carbocycles. The van der Waals surface area contributed by atoms with Crippen LogP contribution >= 0.6 is 0 Å². The minimum absolute atomic E-state index is 0.637. The zero-order chi connectivity index (χ0) is 52.0. The van der Waals surface area contributed by atoms with Gasteiger partial charge >= 0.3 is 0 Å². The maximum absolute atomic E-state index is 6.42. The average molecular weight is 987 g/mol. The standard InChI is InChI=1S/C74H54N2O/c1-5-51-19-33-62(34-20-51)76-72-45-23-53(7-3)47-68(72)69-48-57(30-46-73(69)76)56-28-37-61(38-29-56)75(60-35-26-55(27-36-60)54-24-17-50(4)18-25-54)63-39-44-67-66-15-11-12-16-70(66)74(71(67)49-63,58-13-9-8-10-14-58)59-31-42-65(43-32-59)77-64-40-21-52(6-2)22-41-64/h5-49H,1-3H2,4H3. The molecule has 77 heavy (non-hydrogen) atoms. The van der Waals surface area contributed by atoms with E-state index < -0.39 is 5.41 Å². The van der Waals surface area contributed by atoms with E-state index in [0.717, 1.165) is 78.7 Å². The van der Waals surface area contributed by atoms with Crippen molar-refractivity contribution in [3.63, 3.8) is 0 Å². The molecular formula is C74H54N2O.